The Bertz CT molecular complexity index is 255. The lowest BCUT2D eigenvalue weighted by atomic mass is 10.3. The van der Waals surface area contributed by atoms with Crippen LogP contribution in [0.2, 0.25) is 0 Å². The highest BCUT2D eigenvalue weighted by Crippen LogP contribution is 2.18. The van der Waals surface area contributed by atoms with Crippen molar-refractivity contribution in [2.75, 3.05) is 32.7 Å². The van der Waals surface area contributed by atoms with Gasteiger partial charge in [0.15, 0.2) is 5.96 Å². The molecule has 1 saturated heterocycles. The van der Waals surface area contributed by atoms with Crippen molar-refractivity contribution in [3.05, 3.63) is 0 Å². The molecule has 1 heterocycles. The maximum Gasteiger partial charge on any atom is 0.191 e. The highest BCUT2D eigenvalue weighted by molar-refractivity contribution is 5.80. The van der Waals surface area contributed by atoms with E-state index in [0.717, 1.165) is 19.0 Å². The fourth-order valence-electron chi connectivity index (χ4n) is 2.39. The van der Waals surface area contributed by atoms with Crippen LogP contribution in [0, 0.1) is 0 Å². The van der Waals surface area contributed by atoms with Gasteiger partial charge in [0.05, 0.1) is 0 Å². The zero-order valence-electron chi connectivity index (χ0n) is 11.7. The summed E-state index contributed by atoms with van der Waals surface area (Å²) in [7, 11) is 0. The van der Waals surface area contributed by atoms with Crippen LogP contribution < -0.4 is 10.6 Å². The van der Waals surface area contributed by atoms with E-state index in [2.05, 4.69) is 27.4 Å². The second-order valence-corrected chi connectivity index (χ2v) is 5.44. The summed E-state index contributed by atoms with van der Waals surface area (Å²) in [5.41, 5.74) is 0. The largest absolute Gasteiger partial charge is 0.357 e. The van der Waals surface area contributed by atoms with Gasteiger partial charge in [0.2, 0.25) is 0 Å². The van der Waals surface area contributed by atoms with E-state index in [-0.39, 0.29) is 0 Å². The lowest BCUT2D eigenvalue weighted by molar-refractivity contribution is 0.331. The molecule has 18 heavy (non-hydrogen) atoms. The minimum Gasteiger partial charge on any atom is -0.357 e. The average Bonchev–Trinajstić information content (AvgIpc) is 3.03. The first-order valence-electron chi connectivity index (χ1n) is 7.65. The molecule has 0 radical (unpaired) electrons. The van der Waals surface area contributed by atoms with E-state index < -0.39 is 0 Å². The van der Waals surface area contributed by atoms with Crippen molar-refractivity contribution < 1.29 is 0 Å². The lowest BCUT2D eigenvalue weighted by Gasteiger charge is -2.13. The Labute approximate surface area is 111 Å². The summed E-state index contributed by atoms with van der Waals surface area (Å²) < 4.78 is 0. The molecule has 0 aromatic heterocycles. The Morgan fingerprint density at radius 2 is 2.00 bits per heavy atom. The molecule has 0 atom stereocenters. The molecule has 0 spiro atoms. The van der Waals surface area contributed by atoms with Gasteiger partial charge in [0.1, 0.15) is 0 Å². The summed E-state index contributed by atoms with van der Waals surface area (Å²) >= 11 is 0. The third-order valence-corrected chi connectivity index (χ3v) is 3.61. The second-order valence-electron chi connectivity index (χ2n) is 5.44. The van der Waals surface area contributed by atoms with Crippen molar-refractivity contribution >= 4 is 5.96 Å². The minimum absolute atomic E-state index is 0.687. The summed E-state index contributed by atoms with van der Waals surface area (Å²) in [4.78, 5) is 7.21. The van der Waals surface area contributed by atoms with Crippen LogP contribution in [0.4, 0.5) is 0 Å². The zero-order chi connectivity index (χ0) is 12.6. The van der Waals surface area contributed by atoms with Gasteiger partial charge in [-0.3, -0.25) is 4.99 Å². The molecule has 2 fully saturated rings. The first-order chi connectivity index (χ1) is 8.88. The van der Waals surface area contributed by atoms with Crippen molar-refractivity contribution in [3.63, 3.8) is 0 Å². The van der Waals surface area contributed by atoms with E-state index in [1.807, 2.05) is 0 Å². The highest BCUT2D eigenvalue weighted by atomic mass is 15.2. The fourth-order valence-corrected chi connectivity index (χ4v) is 2.39. The van der Waals surface area contributed by atoms with Gasteiger partial charge < -0.3 is 15.5 Å². The number of guanidine groups is 1. The Morgan fingerprint density at radius 3 is 2.67 bits per heavy atom. The number of rotatable bonds is 7. The van der Waals surface area contributed by atoms with Crippen molar-refractivity contribution in [3.8, 4) is 0 Å². The third kappa shape index (κ3) is 5.25. The van der Waals surface area contributed by atoms with Gasteiger partial charge in [-0.15, -0.1) is 0 Å². The van der Waals surface area contributed by atoms with Crippen LogP contribution in [-0.2, 0) is 0 Å². The first-order valence-corrected chi connectivity index (χ1v) is 7.65. The SMILES string of the molecule is CCNC(=NCCCCN1CCCC1)NC1CC1. The molecular weight excluding hydrogens is 224 g/mol. The molecule has 4 nitrogen and oxygen atoms in total. The molecule has 0 aromatic rings. The maximum absolute atomic E-state index is 4.63. The number of unbranched alkanes of at least 4 members (excludes halogenated alkanes) is 1. The van der Waals surface area contributed by atoms with E-state index in [4.69, 9.17) is 0 Å². The summed E-state index contributed by atoms with van der Waals surface area (Å²) in [6, 6.07) is 0.687. The van der Waals surface area contributed by atoms with Crippen LogP contribution >= 0.6 is 0 Å². The van der Waals surface area contributed by atoms with Crippen molar-refractivity contribution in [2.24, 2.45) is 4.99 Å². The van der Waals surface area contributed by atoms with E-state index >= 15 is 0 Å². The van der Waals surface area contributed by atoms with Crippen molar-refractivity contribution in [1.82, 2.24) is 15.5 Å². The standard InChI is InChI=1S/C14H28N4/c1-2-15-14(17-13-7-8-13)16-9-3-4-10-18-11-5-6-12-18/h13H,2-12H2,1H3,(H2,15,16,17). The number of nitrogens with one attached hydrogen (secondary N) is 2. The Hall–Kier alpha value is -0.770. The van der Waals surface area contributed by atoms with Crippen LogP contribution in [0.25, 0.3) is 0 Å². The summed E-state index contributed by atoms with van der Waals surface area (Å²) in [5, 5.41) is 6.77. The summed E-state index contributed by atoms with van der Waals surface area (Å²) in [6.07, 6.45) is 7.89. The van der Waals surface area contributed by atoms with Crippen LogP contribution in [0.1, 0.15) is 45.4 Å². The Kier molecular flexibility index (Phi) is 5.78. The number of likely N-dealkylation sites (tertiary alicyclic amines) is 1. The fraction of sp³-hybridized carbons (Fsp3) is 0.929. The molecule has 0 amide bonds. The predicted octanol–water partition coefficient (Wildman–Crippen LogP) is 1.58. The predicted molar refractivity (Wildman–Crippen MR) is 77.0 cm³/mol. The average molecular weight is 252 g/mol. The van der Waals surface area contributed by atoms with E-state index in [0.29, 0.717) is 6.04 Å². The van der Waals surface area contributed by atoms with Crippen molar-refractivity contribution in [1.29, 1.82) is 0 Å². The molecule has 1 saturated carbocycles. The molecule has 1 aliphatic carbocycles. The number of nitrogens with zero attached hydrogens (tertiary/aromatic N) is 2. The van der Waals surface area contributed by atoms with Gasteiger partial charge in [-0.2, -0.15) is 0 Å². The van der Waals surface area contributed by atoms with Gasteiger partial charge in [0, 0.05) is 19.1 Å². The van der Waals surface area contributed by atoms with Crippen LogP contribution in [0.15, 0.2) is 4.99 Å². The van der Waals surface area contributed by atoms with E-state index in [9.17, 15) is 0 Å². The normalized spacial score (nSPS) is 21.3. The van der Waals surface area contributed by atoms with Gasteiger partial charge in [-0.05, 0) is 65.1 Å². The topological polar surface area (TPSA) is 39.7 Å². The smallest absolute Gasteiger partial charge is 0.191 e. The maximum atomic E-state index is 4.63. The molecule has 104 valence electrons. The molecule has 2 rings (SSSR count). The van der Waals surface area contributed by atoms with Gasteiger partial charge in [-0.1, -0.05) is 0 Å². The Morgan fingerprint density at radius 1 is 1.22 bits per heavy atom. The molecule has 0 unspecified atom stereocenters. The third-order valence-electron chi connectivity index (χ3n) is 3.61. The molecule has 2 aliphatic rings. The van der Waals surface area contributed by atoms with Gasteiger partial charge >= 0.3 is 0 Å². The minimum atomic E-state index is 0.687. The van der Waals surface area contributed by atoms with Crippen molar-refractivity contribution in [2.45, 2.75) is 51.5 Å². The summed E-state index contributed by atoms with van der Waals surface area (Å²) in [6.45, 7) is 7.92. The van der Waals surface area contributed by atoms with Crippen LogP contribution in [0.3, 0.4) is 0 Å². The second kappa shape index (κ2) is 7.62. The monoisotopic (exact) mass is 252 g/mol. The van der Waals surface area contributed by atoms with Crippen LogP contribution in [-0.4, -0.2) is 49.6 Å². The van der Waals surface area contributed by atoms with E-state index in [1.54, 1.807) is 0 Å². The molecule has 1 aliphatic heterocycles. The van der Waals surface area contributed by atoms with E-state index in [1.165, 1.54) is 58.2 Å². The van der Waals surface area contributed by atoms with Gasteiger partial charge in [-0.25, -0.2) is 0 Å². The molecule has 0 bridgehead atoms. The molecular formula is C14H28N4. The summed E-state index contributed by atoms with van der Waals surface area (Å²) in [5.74, 6) is 1.01. The zero-order valence-corrected chi connectivity index (χ0v) is 11.7. The highest BCUT2D eigenvalue weighted by Gasteiger charge is 2.21. The number of aliphatic imine (C=N–C) groups is 1. The molecule has 0 aromatic carbocycles. The number of hydrogen-bond donors (Lipinski definition) is 2. The molecule has 2 N–H and O–H groups in total. The molecule has 4 heteroatoms. The quantitative estimate of drug-likeness (QED) is 0.410. The number of hydrogen-bond acceptors (Lipinski definition) is 2. The lowest BCUT2D eigenvalue weighted by Crippen LogP contribution is -2.38. The Balaban J connectivity index is 1.55. The van der Waals surface area contributed by atoms with Gasteiger partial charge in [0.25, 0.3) is 0 Å². The first kappa shape index (κ1) is 13.7. The van der Waals surface area contributed by atoms with Crippen LogP contribution in [0.5, 0.6) is 0 Å².